The van der Waals surface area contributed by atoms with Crippen molar-refractivity contribution in [1.29, 1.82) is 0 Å². The molecule has 1 saturated carbocycles. The third-order valence-corrected chi connectivity index (χ3v) is 5.58. The fourth-order valence-electron chi connectivity index (χ4n) is 1.81. The number of hydrogen-bond acceptors (Lipinski definition) is 3. The second-order valence-electron chi connectivity index (χ2n) is 5.18. The summed E-state index contributed by atoms with van der Waals surface area (Å²) in [5, 5.41) is -0.0132. The first-order chi connectivity index (χ1) is 8.22. The number of rotatable bonds is 4. The van der Waals surface area contributed by atoms with Crippen LogP contribution in [0.2, 0.25) is 5.15 Å². The van der Waals surface area contributed by atoms with Gasteiger partial charge in [-0.15, -0.1) is 0 Å². The largest absolute Gasteiger partial charge is 0.243 e. The van der Waals surface area contributed by atoms with E-state index < -0.39 is 10.0 Å². The van der Waals surface area contributed by atoms with Crippen molar-refractivity contribution in [1.82, 2.24) is 9.71 Å². The molecule has 4 nitrogen and oxygen atoms in total. The van der Waals surface area contributed by atoms with Crippen molar-refractivity contribution in [3.8, 4) is 0 Å². The van der Waals surface area contributed by atoms with Gasteiger partial charge in [0, 0.05) is 17.2 Å². The highest BCUT2D eigenvalue weighted by molar-refractivity contribution is 9.10. The minimum Gasteiger partial charge on any atom is -0.242 e. The molecular weight excluding hydrogens is 340 g/mol. The molecule has 0 aliphatic heterocycles. The zero-order valence-electron chi connectivity index (χ0n) is 10.1. The van der Waals surface area contributed by atoms with E-state index in [9.17, 15) is 8.42 Å². The van der Waals surface area contributed by atoms with Crippen LogP contribution in [0.3, 0.4) is 0 Å². The van der Waals surface area contributed by atoms with Crippen LogP contribution < -0.4 is 4.72 Å². The van der Waals surface area contributed by atoms with E-state index in [4.69, 9.17) is 11.6 Å². The van der Waals surface area contributed by atoms with E-state index in [2.05, 4.69) is 39.5 Å². The highest BCUT2D eigenvalue weighted by Gasteiger charge is 2.45. The van der Waals surface area contributed by atoms with Crippen molar-refractivity contribution >= 4 is 37.6 Å². The van der Waals surface area contributed by atoms with Crippen LogP contribution in [0.1, 0.15) is 20.3 Å². The van der Waals surface area contributed by atoms with Gasteiger partial charge >= 0.3 is 0 Å². The molecule has 1 unspecified atom stereocenters. The average molecular weight is 354 g/mol. The summed E-state index contributed by atoms with van der Waals surface area (Å²) in [7, 11) is -3.59. The van der Waals surface area contributed by atoms with E-state index in [1.165, 1.54) is 12.3 Å². The highest BCUT2D eigenvalue weighted by Crippen LogP contribution is 2.51. The number of halogens is 2. The Labute approximate surface area is 120 Å². The lowest BCUT2D eigenvalue weighted by molar-refractivity contribution is 0.537. The standard InChI is InChI=1S/C11H14BrClN2O2S/c1-11(2)4-7(11)5-15-18(16,17)9-3-8(12)6-14-10(9)13/h3,6-7,15H,4-5H2,1-2H3. The maximum absolute atomic E-state index is 12.1. The molecule has 1 aliphatic carbocycles. The number of nitrogens with one attached hydrogen (secondary N) is 1. The molecule has 18 heavy (non-hydrogen) atoms. The van der Waals surface area contributed by atoms with Gasteiger partial charge in [0.25, 0.3) is 0 Å². The van der Waals surface area contributed by atoms with E-state index in [1.54, 1.807) is 0 Å². The first-order valence-electron chi connectivity index (χ1n) is 5.53. The molecule has 0 saturated heterocycles. The molecule has 1 heterocycles. The SMILES string of the molecule is CC1(C)CC1CNS(=O)(=O)c1cc(Br)cnc1Cl. The Hall–Kier alpha value is -0.170. The van der Waals surface area contributed by atoms with Gasteiger partial charge in [0.2, 0.25) is 10.0 Å². The summed E-state index contributed by atoms with van der Waals surface area (Å²) in [4.78, 5) is 3.83. The van der Waals surface area contributed by atoms with E-state index in [0.29, 0.717) is 16.9 Å². The van der Waals surface area contributed by atoms with Crippen molar-refractivity contribution in [2.45, 2.75) is 25.2 Å². The van der Waals surface area contributed by atoms with Crippen LogP contribution in [0.15, 0.2) is 21.6 Å². The maximum Gasteiger partial charge on any atom is 0.243 e. The first-order valence-corrected chi connectivity index (χ1v) is 8.18. The topological polar surface area (TPSA) is 59.1 Å². The molecule has 0 spiro atoms. The number of aromatic nitrogens is 1. The molecule has 1 aromatic rings. The summed E-state index contributed by atoms with van der Waals surface area (Å²) in [6, 6.07) is 1.45. The summed E-state index contributed by atoms with van der Waals surface area (Å²) < 4.78 is 27.4. The monoisotopic (exact) mass is 352 g/mol. The van der Waals surface area contributed by atoms with Crippen LogP contribution in [0.5, 0.6) is 0 Å². The van der Waals surface area contributed by atoms with Crippen molar-refractivity contribution in [2.75, 3.05) is 6.54 Å². The Balaban J connectivity index is 2.13. The van der Waals surface area contributed by atoms with Crippen molar-refractivity contribution in [2.24, 2.45) is 11.3 Å². The van der Waals surface area contributed by atoms with E-state index >= 15 is 0 Å². The zero-order chi connectivity index (χ0) is 13.6. The lowest BCUT2D eigenvalue weighted by Gasteiger charge is -2.09. The van der Waals surface area contributed by atoms with Crippen molar-refractivity contribution < 1.29 is 8.42 Å². The van der Waals surface area contributed by atoms with Gasteiger partial charge in [-0.25, -0.2) is 18.1 Å². The number of hydrogen-bond donors (Lipinski definition) is 1. The van der Waals surface area contributed by atoms with Crippen molar-refractivity contribution in [3.05, 3.63) is 21.9 Å². The number of sulfonamides is 1. The van der Waals surface area contributed by atoms with Gasteiger partial charge < -0.3 is 0 Å². The van der Waals surface area contributed by atoms with E-state index in [0.717, 1.165) is 6.42 Å². The van der Waals surface area contributed by atoms with Gasteiger partial charge in [-0.2, -0.15) is 0 Å². The van der Waals surface area contributed by atoms with Gasteiger partial charge in [0.15, 0.2) is 0 Å². The molecular formula is C11H14BrClN2O2S. The summed E-state index contributed by atoms with van der Waals surface area (Å²) in [5.41, 5.74) is 0.238. The molecule has 1 fully saturated rings. The molecule has 0 radical (unpaired) electrons. The van der Waals surface area contributed by atoms with E-state index in [1.807, 2.05) is 0 Å². The van der Waals surface area contributed by atoms with Crippen LogP contribution in [-0.2, 0) is 10.0 Å². The molecule has 7 heteroatoms. The quantitative estimate of drug-likeness (QED) is 0.847. The van der Waals surface area contributed by atoms with Crippen LogP contribution >= 0.6 is 27.5 Å². The normalized spacial score (nSPS) is 21.9. The lowest BCUT2D eigenvalue weighted by Crippen LogP contribution is -2.27. The molecule has 2 rings (SSSR count). The predicted molar refractivity (Wildman–Crippen MR) is 74.0 cm³/mol. The number of nitrogens with zero attached hydrogens (tertiary/aromatic N) is 1. The second kappa shape index (κ2) is 4.74. The third kappa shape index (κ3) is 3.04. The first kappa shape index (κ1) is 14.2. The smallest absolute Gasteiger partial charge is 0.242 e. The van der Waals surface area contributed by atoms with Gasteiger partial charge in [-0.3, -0.25) is 0 Å². The minimum atomic E-state index is -3.59. The maximum atomic E-state index is 12.1. The average Bonchev–Trinajstić information content (AvgIpc) is 2.87. The summed E-state index contributed by atoms with van der Waals surface area (Å²) >= 11 is 9.00. The highest BCUT2D eigenvalue weighted by atomic mass is 79.9. The third-order valence-electron chi connectivity index (χ3n) is 3.30. The second-order valence-corrected chi connectivity index (χ2v) is 8.19. The molecule has 1 aromatic heterocycles. The van der Waals surface area contributed by atoms with Gasteiger partial charge in [-0.05, 0) is 39.8 Å². The fraction of sp³-hybridized carbons (Fsp3) is 0.545. The van der Waals surface area contributed by atoms with E-state index in [-0.39, 0.29) is 15.5 Å². The van der Waals surface area contributed by atoms with Gasteiger partial charge in [0.1, 0.15) is 10.0 Å². The summed E-state index contributed by atoms with van der Waals surface area (Å²) in [6.07, 6.45) is 2.51. The van der Waals surface area contributed by atoms with Crippen LogP contribution in [-0.4, -0.2) is 19.9 Å². The molecule has 1 aliphatic rings. The molecule has 0 aromatic carbocycles. The van der Waals surface area contributed by atoms with Gasteiger partial charge in [0.05, 0.1) is 0 Å². The molecule has 100 valence electrons. The van der Waals surface area contributed by atoms with Crippen LogP contribution in [0.4, 0.5) is 0 Å². The van der Waals surface area contributed by atoms with Gasteiger partial charge in [-0.1, -0.05) is 25.4 Å². The van der Waals surface area contributed by atoms with Crippen LogP contribution in [0, 0.1) is 11.3 Å². The lowest BCUT2D eigenvalue weighted by atomic mass is 10.1. The molecule has 1 N–H and O–H groups in total. The predicted octanol–water partition coefficient (Wildman–Crippen LogP) is 2.82. The minimum absolute atomic E-state index is 0.0111. The molecule has 0 bridgehead atoms. The molecule has 0 amide bonds. The zero-order valence-corrected chi connectivity index (χ0v) is 13.2. The van der Waals surface area contributed by atoms with Crippen LogP contribution in [0.25, 0.3) is 0 Å². The summed E-state index contributed by atoms with van der Waals surface area (Å²) in [6.45, 7) is 4.69. The number of pyridine rings is 1. The Morgan fingerprint density at radius 2 is 2.22 bits per heavy atom. The molecule has 1 atom stereocenters. The fourth-order valence-corrected chi connectivity index (χ4v) is 3.83. The Morgan fingerprint density at radius 3 is 2.78 bits per heavy atom. The Bertz CT molecular complexity index is 574. The Kier molecular flexibility index (Phi) is 3.75. The summed E-state index contributed by atoms with van der Waals surface area (Å²) in [5.74, 6) is 0.395. The van der Waals surface area contributed by atoms with Crippen molar-refractivity contribution in [3.63, 3.8) is 0 Å². The Morgan fingerprint density at radius 1 is 1.61 bits per heavy atom.